The van der Waals surface area contributed by atoms with Gasteiger partial charge in [-0.3, -0.25) is 4.98 Å². The first-order valence-corrected chi connectivity index (χ1v) is 13.6. The van der Waals surface area contributed by atoms with Crippen molar-refractivity contribution in [2.75, 3.05) is 0 Å². The van der Waals surface area contributed by atoms with Gasteiger partial charge in [-0.25, -0.2) is 0 Å². The molecule has 0 N–H and O–H groups in total. The number of fused-ring (bicyclic) bond motifs is 2. The van der Waals surface area contributed by atoms with Crippen LogP contribution in [-0.4, -0.2) is 4.98 Å². The Kier molecular flexibility index (Phi) is 6.05. The van der Waals surface area contributed by atoms with Crippen LogP contribution in [0.3, 0.4) is 0 Å². The van der Waals surface area contributed by atoms with Gasteiger partial charge in [-0.05, 0) is 73.9 Å². The Balaban J connectivity index is 1.72. The number of thiophene rings is 1. The van der Waals surface area contributed by atoms with Crippen LogP contribution in [0.4, 0.5) is 0 Å². The molecule has 5 aromatic rings. The molecule has 0 aliphatic carbocycles. The average Bonchev–Trinajstić information content (AvgIpc) is 3.26. The smallest absolute Gasteiger partial charge is 0.0880 e. The van der Waals surface area contributed by atoms with Crippen molar-refractivity contribution >= 4 is 32.2 Å². The van der Waals surface area contributed by atoms with Crippen molar-refractivity contribution in [1.29, 1.82) is 0 Å². The first-order chi connectivity index (χ1) is 16.6. The maximum atomic E-state index is 4.92. The molecule has 5 rings (SSSR count). The van der Waals surface area contributed by atoms with Crippen molar-refractivity contribution in [3.8, 4) is 22.4 Å². The summed E-state index contributed by atoms with van der Waals surface area (Å²) in [6.07, 6.45) is 1.98. The maximum Gasteiger partial charge on any atom is 0.0880 e. The third-order valence-corrected chi connectivity index (χ3v) is 8.09. The summed E-state index contributed by atoms with van der Waals surface area (Å²) < 4.78 is 1.26. The zero-order chi connectivity index (χ0) is 24.9. The van der Waals surface area contributed by atoms with Crippen molar-refractivity contribution in [2.24, 2.45) is 0 Å². The highest BCUT2D eigenvalue weighted by atomic mass is 32.1. The van der Waals surface area contributed by atoms with Crippen molar-refractivity contribution in [3.63, 3.8) is 0 Å². The number of nitrogens with zero attached hydrogens (tertiary/aromatic N) is 1. The van der Waals surface area contributed by atoms with Crippen LogP contribution in [0.25, 0.3) is 43.2 Å². The van der Waals surface area contributed by atoms with E-state index in [-0.39, 0.29) is 5.41 Å². The number of rotatable bonds is 4. The van der Waals surface area contributed by atoms with Gasteiger partial charge in [0.2, 0.25) is 0 Å². The Bertz CT molecular complexity index is 1530. The predicted octanol–water partition coefficient (Wildman–Crippen LogP) is 10.3. The lowest BCUT2D eigenvalue weighted by molar-refractivity contribution is 0.596. The molecule has 0 saturated carbocycles. The van der Waals surface area contributed by atoms with Crippen LogP contribution in [0.1, 0.15) is 77.0 Å². The molecular formula is C33H35NS. The molecule has 2 heteroatoms. The van der Waals surface area contributed by atoms with Gasteiger partial charge in [0.15, 0.2) is 0 Å². The number of hydrogen-bond acceptors (Lipinski definition) is 2. The molecule has 0 radical (unpaired) electrons. The van der Waals surface area contributed by atoms with E-state index in [0.717, 1.165) is 5.69 Å². The highest BCUT2D eigenvalue weighted by Gasteiger charge is 2.21. The van der Waals surface area contributed by atoms with Gasteiger partial charge in [0, 0.05) is 22.7 Å². The molecule has 0 fully saturated rings. The van der Waals surface area contributed by atoms with Gasteiger partial charge in [-0.2, -0.15) is 0 Å². The molecule has 3 aromatic carbocycles. The molecule has 2 aromatic heterocycles. The Morgan fingerprint density at radius 2 is 1.54 bits per heavy atom. The quantitative estimate of drug-likeness (QED) is 0.251. The second-order valence-electron chi connectivity index (χ2n) is 11.3. The van der Waals surface area contributed by atoms with E-state index in [2.05, 4.69) is 115 Å². The van der Waals surface area contributed by atoms with Crippen LogP contribution in [0.15, 0.2) is 72.2 Å². The summed E-state index contributed by atoms with van der Waals surface area (Å²) in [5, 5.41) is 6.23. The summed E-state index contributed by atoms with van der Waals surface area (Å²) in [5.74, 6) is 0.997. The SMILES string of the molecule is CC(C)c1ccc(-c2csc3c(-c4cc(C(C)(C)C)c5ccccc5c4)nccc23)c(C(C)C)c1. The standard InChI is InChI=1S/C33H35NS/c1-20(2)22-12-13-26(28(17-22)21(3)4)29-19-35-32-27(29)14-15-34-31(32)24-16-23-10-8-9-11-25(23)30(18-24)33(5,6)7/h8-21H,1-7H3. The highest BCUT2D eigenvalue weighted by molar-refractivity contribution is 7.18. The largest absolute Gasteiger partial charge is 0.255 e. The van der Waals surface area contributed by atoms with Crippen LogP contribution in [0.2, 0.25) is 0 Å². The molecule has 0 bridgehead atoms. The molecule has 35 heavy (non-hydrogen) atoms. The molecule has 0 amide bonds. The average molecular weight is 478 g/mol. The van der Waals surface area contributed by atoms with E-state index in [1.54, 1.807) is 0 Å². The van der Waals surface area contributed by atoms with Gasteiger partial charge >= 0.3 is 0 Å². The van der Waals surface area contributed by atoms with Gasteiger partial charge in [0.25, 0.3) is 0 Å². The Morgan fingerprint density at radius 1 is 0.771 bits per heavy atom. The maximum absolute atomic E-state index is 4.92. The van der Waals surface area contributed by atoms with Gasteiger partial charge in [0.05, 0.1) is 10.4 Å². The molecule has 1 nitrogen and oxygen atoms in total. The van der Waals surface area contributed by atoms with E-state index in [0.29, 0.717) is 11.8 Å². The zero-order valence-electron chi connectivity index (χ0n) is 21.9. The molecule has 0 aliphatic heterocycles. The molecule has 2 heterocycles. The topological polar surface area (TPSA) is 12.9 Å². The Labute approximate surface area is 213 Å². The number of pyridine rings is 1. The van der Waals surface area contributed by atoms with Crippen LogP contribution >= 0.6 is 11.3 Å². The van der Waals surface area contributed by atoms with E-state index in [9.17, 15) is 0 Å². The Hall–Kier alpha value is -2.97. The van der Waals surface area contributed by atoms with E-state index in [1.807, 2.05) is 17.5 Å². The number of hydrogen-bond donors (Lipinski definition) is 0. The molecule has 178 valence electrons. The second-order valence-corrected chi connectivity index (χ2v) is 12.2. The number of aromatic nitrogens is 1. The third-order valence-electron chi connectivity index (χ3n) is 7.09. The second kappa shape index (κ2) is 8.91. The lowest BCUT2D eigenvalue weighted by Gasteiger charge is -2.22. The van der Waals surface area contributed by atoms with Crippen LogP contribution in [0, 0.1) is 0 Å². The van der Waals surface area contributed by atoms with E-state index < -0.39 is 0 Å². The minimum atomic E-state index is 0.0500. The highest BCUT2D eigenvalue weighted by Crippen LogP contribution is 2.43. The van der Waals surface area contributed by atoms with E-state index in [1.165, 1.54) is 54.2 Å². The lowest BCUT2D eigenvalue weighted by atomic mass is 9.82. The minimum absolute atomic E-state index is 0.0500. The van der Waals surface area contributed by atoms with Gasteiger partial charge < -0.3 is 0 Å². The molecule has 0 aliphatic rings. The normalized spacial score (nSPS) is 12.4. The van der Waals surface area contributed by atoms with Crippen molar-refractivity contribution < 1.29 is 0 Å². The monoisotopic (exact) mass is 477 g/mol. The Morgan fingerprint density at radius 3 is 2.26 bits per heavy atom. The van der Waals surface area contributed by atoms with Gasteiger partial charge in [-0.1, -0.05) is 90.9 Å². The summed E-state index contributed by atoms with van der Waals surface area (Å²) in [5.41, 5.74) is 9.21. The molecular weight excluding hydrogens is 442 g/mol. The molecule has 0 unspecified atom stereocenters. The molecule has 0 saturated heterocycles. The molecule has 0 spiro atoms. The summed E-state index contributed by atoms with van der Waals surface area (Å²) in [7, 11) is 0. The first kappa shape index (κ1) is 23.8. The summed E-state index contributed by atoms with van der Waals surface area (Å²) >= 11 is 1.82. The fourth-order valence-electron chi connectivity index (χ4n) is 5.11. The fraction of sp³-hybridized carbons (Fsp3) is 0.303. The summed E-state index contributed by atoms with van der Waals surface area (Å²) in [6.45, 7) is 16.0. The van der Waals surface area contributed by atoms with Crippen molar-refractivity contribution in [1.82, 2.24) is 4.98 Å². The van der Waals surface area contributed by atoms with Gasteiger partial charge in [0.1, 0.15) is 0 Å². The van der Waals surface area contributed by atoms with Crippen LogP contribution < -0.4 is 0 Å². The van der Waals surface area contributed by atoms with Crippen molar-refractivity contribution in [2.45, 2.75) is 65.7 Å². The summed E-state index contributed by atoms with van der Waals surface area (Å²) in [6, 6.07) is 22.6. The van der Waals surface area contributed by atoms with E-state index >= 15 is 0 Å². The summed E-state index contributed by atoms with van der Waals surface area (Å²) in [4.78, 5) is 4.92. The minimum Gasteiger partial charge on any atom is -0.255 e. The zero-order valence-corrected chi connectivity index (χ0v) is 22.8. The van der Waals surface area contributed by atoms with E-state index in [4.69, 9.17) is 4.98 Å². The first-order valence-electron chi connectivity index (χ1n) is 12.7. The van der Waals surface area contributed by atoms with Gasteiger partial charge in [-0.15, -0.1) is 11.3 Å². The third kappa shape index (κ3) is 4.29. The molecule has 0 atom stereocenters. The fourth-order valence-corrected chi connectivity index (χ4v) is 6.18. The predicted molar refractivity (Wildman–Crippen MR) is 155 cm³/mol. The number of benzene rings is 3. The lowest BCUT2D eigenvalue weighted by Crippen LogP contribution is -2.12. The van der Waals surface area contributed by atoms with Crippen LogP contribution in [-0.2, 0) is 5.41 Å². The van der Waals surface area contributed by atoms with Crippen LogP contribution in [0.5, 0.6) is 0 Å². The van der Waals surface area contributed by atoms with Crippen molar-refractivity contribution in [3.05, 3.63) is 88.9 Å².